The Hall–Kier alpha value is -0.220. The van der Waals surface area contributed by atoms with Gasteiger partial charge >= 0.3 is 5.97 Å². The third-order valence-corrected chi connectivity index (χ3v) is 2.80. The number of thioether (sulfide) groups is 1. The monoisotopic (exact) mass is 162 g/mol. The fourth-order valence-electron chi connectivity index (χ4n) is 1.01. The molecule has 0 aliphatic carbocycles. The lowest BCUT2D eigenvalue weighted by Gasteiger charge is -2.22. The van der Waals surface area contributed by atoms with Gasteiger partial charge in [-0.25, -0.2) is 0 Å². The SMILES string of the molecule is O=C(O)[C@H]1CCCS[C@@H]1O. The van der Waals surface area contributed by atoms with Crippen LogP contribution in [0.2, 0.25) is 0 Å². The van der Waals surface area contributed by atoms with Crippen molar-refractivity contribution in [3.63, 3.8) is 0 Å². The van der Waals surface area contributed by atoms with Crippen LogP contribution in [0.3, 0.4) is 0 Å². The summed E-state index contributed by atoms with van der Waals surface area (Å²) in [4.78, 5) is 10.4. The van der Waals surface area contributed by atoms with Gasteiger partial charge in [0.25, 0.3) is 0 Å². The van der Waals surface area contributed by atoms with E-state index in [1.165, 1.54) is 11.8 Å². The average Bonchev–Trinajstić information content (AvgIpc) is 1.88. The molecule has 0 saturated carbocycles. The van der Waals surface area contributed by atoms with Gasteiger partial charge in [0.1, 0.15) is 5.44 Å². The second kappa shape index (κ2) is 3.25. The molecule has 2 atom stereocenters. The van der Waals surface area contributed by atoms with Gasteiger partial charge in [0, 0.05) is 0 Å². The van der Waals surface area contributed by atoms with Crippen molar-refractivity contribution in [1.82, 2.24) is 0 Å². The zero-order valence-corrected chi connectivity index (χ0v) is 6.30. The Morgan fingerprint density at radius 2 is 2.30 bits per heavy atom. The fourth-order valence-corrected chi connectivity index (χ4v) is 2.07. The predicted octanol–water partition coefficient (Wildman–Crippen LogP) is 0.533. The molecule has 4 heteroatoms. The Kier molecular flexibility index (Phi) is 2.56. The van der Waals surface area contributed by atoms with E-state index in [4.69, 9.17) is 10.2 Å². The standard InChI is InChI=1S/C6H10O3S/c7-5(8)4-2-1-3-10-6(4)9/h4,6,9H,1-3H2,(H,7,8)/t4-,6+/m1/s1. The second-order valence-electron chi connectivity index (χ2n) is 2.35. The first-order chi connectivity index (χ1) is 4.72. The highest BCUT2D eigenvalue weighted by Crippen LogP contribution is 2.28. The van der Waals surface area contributed by atoms with Crippen LogP contribution in [0.4, 0.5) is 0 Å². The lowest BCUT2D eigenvalue weighted by Crippen LogP contribution is -2.29. The van der Waals surface area contributed by atoms with E-state index < -0.39 is 17.3 Å². The van der Waals surface area contributed by atoms with Crippen LogP contribution < -0.4 is 0 Å². The van der Waals surface area contributed by atoms with Crippen LogP contribution in [-0.4, -0.2) is 27.4 Å². The van der Waals surface area contributed by atoms with Gasteiger partial charge in [0.2, 0.25) is 0 Å². The molecule has 1 aliphatic heterocycles. The number of carbonyl (C=O) groups is 1. The summed E-state index contributed by atoms with van der Waals surface area (Å²) in [5.41, 5.74) is -0.689. The van der Waals surface area contributed by atoms with Crippen molar-refractivity contribution in [2.24, 2.45) is 5.92 Å². The molecule has 3 nitrogen and oxygen atoms in total. The number of carboxylic acids is 1. The number of hydrogen-bond donors (Lipinski definition) is 2. The second-order valence-corrected chi connectivity index (χ2v) is 3.57. The number of aliphatic hydroxyl groups excluding tert-OH is 1. The summed E-state index contributed by atoms with van der Waals surface area (Å²) in [5, 5.41) is 17.7. The molecule has 0 aromatic carbocycles. The summed E-state index contributed by atoms with van der Waals surface area (Å²) in [6, 6.07) is 0. The van der Waals surface area contributed by atoms with Crippen molar-refractivity contribution in [2.75, 3.05) is 5.75 Å². The molecule has 58 valence electrons. The highest BCUT2D eigenvalue weighted by molar-refractivity contribution is 7.99. The van der Waals surface area contributed by atoms with Crippen LogP contribution in [0, 0.1) is 5.92 Å². The Labute approximate surface area is 63.4 Å². The summed E-state index contributed by atoms with van der Waals surface area (Å²) in [6.07, 6.45) is 1.52. The summed E-state index contributed by atoms with van der Waals surface area (Å²) in [6.45, 7) is 0. The first kappa shape index (κ1) is 7.88. The molecule has 10 heavy (non-hydrogen) atoms. The van der Waals surface area contributed by atoms with E-state index in [0.717, 1.165) is 12.2 Å². The van der Waals surface area contributed by atoms with Crippen molar-refractivity contribution in [3.05, 3.63) is 0 Å². The predicted molar refractivity (Wildman–Crippen MR) is 38.8 cm³/mol. The zero-order valence-electron chi connectivity index (χ0n) is 5.49. The van der Waals surface area contributed by atoms with Gasteiger partial charge in [-0.2, -0.15) is 0 Å². The van der Waals surface area contributed by atoms with E-state index in [0.29, 0.717) is 6.42 Å². The lowest BCUT2D eigenvalue weighted by atomic mass is 10.1. The molecule has 2 N–H and O–H groups in total. The van der Waals surface area contributed by atoms with E-state index in [2.05, 4.69) is 0 Å². The van der Waals surface area contributed by atoms with E-state index in [1.54, 1.807) is 0 Å². The molecule has 1 fully saturated rings. The lowest BCUT2D eigenvalue weighted by molar-refractivity contribution is -0.144. The van der Waals surface area contributed by atoms with Crippen molar-refractivity contribution in [2.45, 2.75) is 18.3 Å². The van der Waals surface area contributed by atoms with Crippen molar-refractivity contribution in [3.8, 4) is 0 Å². The summed E-state index contributed by atoms with van der Waals surface area (Å²) in [7, 11) is 0. The van der Waals surface area contributed by atoms with Crippen molar-refractivity contribution >= 4 is 17.7 Å². The topological polar surface area (TPSA) is 57.5 Å². The molecule has 0 spiro atoms. The molecule has 1 heterocycles. The Morgan fingerprint density at radius 1 is 1.60 bits per heavy atom. The maximum atomic E-state index is 10.4. The Balaban J connectivity index is 2.47. The Bertz CT molecular complexity index is 137. The van der Waals surface area contributed by atoms with E-state index in [9.17, 15) is 4.79 Å². The molecule has 0 radical (unpaired) electrons. The van der Waals surface area contributed by atoms with Gasteiger partial charge in [0.05, 0.1) is 5.92 Å². The minimum atomic E-state index is -0.875. The summed E-state index contributed by atoms with van der Waals surface area (Å²) >= 11 is 1.33. The highest BCUT2D eigenvalue weighted by atomic mass is 32.2. The molecular formula is C6H10O3S. The van der Waals surface area contributed by atoms with Gasteiger partial charge in [0.15, 0.2) is 0 Å². The molecule has 1 aliphatic rings. The van der Waals surface area contributed by atoms with Crippen LogP contribution in [0.1, 0.15) is 12.8 Å². The van der Waals surface area contributed by atoms with E-state index >= 15 is 0 Å². The minimum Gasteiger partial charge on any atom is -0.481 e. The molecule has 1 rings (SSSR count). The molecule has 0 amide bonds. The third kappa shape index (κ3) is 1.64. The highest BCUT2D eigenvalue weighted by Gasteiger charge is 2.29. The maximum Gasteiger partial charge on any atom is 0.310 e. The van der Waals surface area contributed by atoms with E-state index in [-0.39, 0.29) is 0 Å². The molecule has 0 aromatic rings. The zero-order chi connectivity index (χ0) is 7.56. The first-order valence-electron chi connectivity index (χ1n) is 3.24. The maximum absolute atomic E-state index is 10.4. The first-order valence-corrected chi connectivity index (χ1v) is 4.29. The smallest absolute Gasteiger partial charge is 0.310 e. The summed E-state index contributed by atoms with van der Waals surface area (Å²) < 4.78 is 0. The average molecular weight is 162 g/mol. The van der Waals surface area contributed by atoms with Crippen molar-refractivity contribution < 1.29 is 15.0 Å². The van der Waals surface area contributed by atoms with Gasteiger partial charge in [-0.05, 0) is 18.6 Å². The minimum absolute atomic E-state index is 0.543. The normalized spacial score (nSPS) is 33.7. The Morgan fingerprint density at radius 3 is 2.70 bits per heavy atom. The van der Waals surface area contributed by atoms with Crippen LogP contribution in [0.25, 0.3) is 0 Å². The summed E-state index contributed by atoms with van der Waals surface area (Å²) in [5.74, 6) is -0.538. The van der Waals surface area contributed by atoms with Crippen molar-refractivity contribution in [1.29, 1.82) is 0 Å². The number of rotatable bonds is 1. The fraction of sp³-hybridized carbons (Fsp3) is 0.833. The quantitative estimate of drug-likeness (QED) is 0.590. The van der Waals surface area contributed by atoms with Crippen LogP contribution in [0.15, 0.2) is 0 Å². The van der Waals surface area contributed by atoms with Crippen LogP contribution in [0.5, 0.6) is 0 Å². The number of aliphatic carboxylic acids is 1. The molecule has 0 unspecified atom stereocenters. The van der Waals surface area contributed by atoms with Crippen LogP contribution in [-0.2, 0) is 4.79 Å². The largest absolute Gasteiger partial charge is 0.481 e. The van der Waals surface area contributed by atoms with Crippen LogP contribution >= 0.6 is 11.8 Å². The third-order valence-electron chi connectivity index (χ3n) is 1.61. The van der Waals surface area contributed by atoms with Gasteiger partial charge in [-0.15, -0.1) is 11.8 Å². The molecule has 0 aromatic heterocycles. The van der Waals surface area contributed by atoms with Gasteiger partial charge < -0.3 is 10.2 Å². The van der Waals surface area contributed by atoms with E-state index in [1.807, 2.05) is 0 Å². The number of hydrogen-bond acceptors (Lipinski definition) is 3. The number of carboxylic acid groups (broad SMARTS) is 1. The van der Waals surface area contributed by atoms with Gasteiger partial charge in [-0.3, -0.25) is 4.79 Å². The molecular weight excluding hydrogens is 152 g/mol. The molecule has 0 bridgehead atoms. The van der Waals surface area contributed by atoms with Gasteiger partial charge in [-0.1, -0.05) is 0 Å². The number of aliphatic hydroxyl groups is 1. The molecule has 1 saturated heterocycles.